The molecule has 0 unspecified atom stereocenters. The van der Waals surface area contributed by atoms with Crippen molar-refractivity contribution in [1.29, 1.82) is 0 Å². The van der Waals surface area contributed by atoms with Gasteiger partial charge in [-0.1, -0.05) is 58.7 Å². The molecule has 0 saturated carbocycles. The van der Waals surface area contributed by atoms with Gasteiger partial charge in [0.25, 0.3) is 0 Å². The number of aromatic nitrogens is 5. The molecule has 0 amide bonds. The highest BCUT2D eigenvalue weighted by Crippen LogP contribution is 2.49. The lowest BCUT2D eigenvalue weighted by atomic mass is 10.1. The van der Waals surface area contributed by atoms with Crippen LogP contribution >= 0.6 is 57.5 Å². The van der Waals surface area contributed by atoms with E-state index in [1.807, 2.05) is 30.3 Å². The molecule has 0 spiro atoms. The first-order valence-corrected chi connectivity index (χ1v) is 27.7. The van der Waals surface area contributed by atoms with Crippen LogP contribution in [0.25, 0.3) is 20.4 Å². The van der Waals surface area contributed by atoms with Crippen molar-refractivity contribution in [2.45, 2.75) is 46.6 Å². The number of benzene rings is 3. The van der Waals surface area contributed by atoms with Gasteiger partial charge in [-0.25, -0.2) is 0 Å². The summed E-state index contributed by atoms with van der Waals surface area (Å²) in [5, 5.41) is 26.5. The molecule has 8 aromatic rings. The van der Waals surface area contributed by atoms with Crippen LogP contribution in [-0.2, 0) is 32.5 Å². The Hall–Kier alpha value is -5.98. The van der Waals surface area contributed by atoms with Crippen LogP contribution in [0.15, 0.2) is 94.7 Å². The minimum absolute atomic E-state index is 0.0706. The van der Waals surface area contributed by atoms with Crippen molar-refractivity contribution in [3.05, 3.63) is 71.8 Å². The molecule has 1 aliphatic rings. The first-order chi connectivity index (χ1) is 33.2. The van der Waals surface area contributed by atoms with Crippen LogP contribution in [-0.4, -0.2) is 83.5 Å². The van der Waals surface area contributed by atoms with Crippen LogP contribution < -0.4 is 29.9 Å². The quantitative estimate of drug-likeness (QED) is 0.0582. The summed E-state index contributed by atoms with van der Waals surface area (Å²) in [4.78, 5) is 19.5. The van der Waals surface area contributed by atoms with Crippen molar-refractivity contribution < 1.29 is 35.4 Å². The minimum atomic E-state index is -4.60. The molecule has 358 valence electrons. The number of rotatable bonds is 14. The maximum atomic E-state index is 12.2. The van der Waals surface area contributed by atoms with E-state index in [1.54, 1.807) is 12.1 Å². The second kappa shape index (κ2) is 19.8. The molecular weight excluding hydrogens is 1030 g/mol. The van der Waals surface area contributed by atoms with Gasteiger partial charge in [-0.15, -0.1) is 20.5 Å². The van der Waals surface area contributed by atoms with Gasteiger partial charge in [0.1, 0.15) is 21.0 Å². The van der Waals surface area contributed by atoms with Crippen LogP contribution in [0.4, 0.5) is 56.0 Å². The van der Waals surface area contributed by atoms with E-state index in [2.05, 4.69) is 88.6 Å². The summed E-state index contributed by atoms with van der Waals surface area (Å²) < 4.78 is 87.1. The van der Waals surface area contributed by atoms with Crippen LogP contribution in [0.2, 0.25) is 0 Å². The smallest absolute Gasteiger partial charge is 0.307 e. The molecule has 3 aromatic carbocycles. The molecule has 28 heteroatoms. The predicted octanol–water partition coefficient (Wildman–Crippen LogP) is 11.5. The van der Waals surface area contributed by atoms with Gasteiger partial charge in [0, 0.05) is 43.3 Å². The number of methoxy groups -OCH3 is 2. The zero-order valence-corrected chi connectivity index (χ0v) is 42.6. The molecule has 0 fully saturated rings. The maximum absolute atomic E-state index is 12.2. The third-order valence-electron chi connectivity index (χ3n) is 10.5. The lowest BCUT2D eigenvalue weighted by molar-refractivity contribution is 0.406. The topological polar surface area (TPSA) is 272 Å². The number of hydrogen-bond acceptors (Lipinski definition) is 24. The molecule has 5 aromatic heterocycles. The molecule has 0 atom stereocenters. The Labute approximate surface area is 415 Å². The molecule has 4 N–H and O–H groups in total. The number of ether oxygens (including phenoxy) is 2. The SMILES string of the molecule is CCN(CC)c1ccc(/N=N/c2snc3sc(S(=O)(=O)O)c(OC)c23)c(Nc2nc3nc(n2)SCc2cccc(c2)CN(CC)c2ccc(/N=N/c4snc5sc(S(=O)(=O)O)c(OC)c45)c(c2)N3)c1. The van der Waals surface area contributed by atoms with Gasteiger partial charge < -0.3 is 29.9 Å². The van der Waals surface area contributed by atoms with E-state index in [4.69, 9.17) is 24.4 Å². The Morgan fingerprint density at radius 3 is 2.00 bits per heavy atom. The van der Waals surface area contributed by atoms with Crippen LogP contribution in [0.3, 0.4) is 0 Å². The van der Waals surface area contributed by atoms with Gasteiger partial charge in [-0.05, 0) is 91.4 Å². The molecule has 9 rings (SSSR count). The number of anilines is 6. The molecule has 6 bridgehead atoms. The fourth-order valence-corrected chi connectivity index (χ4v) is 13.6. The Bertz CT molecular complexity index is 3540. The van der Waals surface area contributed by atoms with E-state index in [1.165, 1.54) is 26.0 Å². The van der Waals surface area contributed by atoms with E-state index in [9.17, 15) is 25.9 Å². The average molecular weight is 1070 g/mol. The van der Waals surface area contributed by atoms with Gasteiger partial charge in [0.2, 0.25) is 11.9 Å². The van der Waals surface area contributed by atoms with E-state index < -0.39 is 20.2 Å². The first kappa shape index (κ1) is 48.1. The number of thiophene rings is 2. The normalized spacial score (nSPS) is 13.3. The second-order valence-corrected chi connectivity index (χ2v) is 22.4. The highest BCUT2D eigenvalue weighted by atomic mass is 32.3. The van der Waals surface area contributed by atoms with E-state index >= 15 is 0 Å². The Balaban J connectivity index is 1.14. The van der Waals surface area contributed by atoms with E-state index in [0.29, 0.717) is 67.2 Å². The summed E-state index contributed by atoms with van der Waals surface area (Å²) >= 11 is 4.96. The van der Waals surface area contributed by atoms with Gasteiger partial charge in [-0.2, -0.15) is 40.5 Å². The fraction of sp³-hybridized carbons (Fsp3) is 0.244. The Kier molecular flexibility index (Phi) is 13.8. The first-order valence-electron chi connectivity index (χ1n) is 20.7. The zero-order chi connectivity index (χ0) is 48.6. The molecule has 0 radical (unpaired) electrons. The number of nitrogens with zero attached hydrogens (tertiary/aromatic N) is 11. The van der Waals surface area contributed by atoms with Crippen LogP contribution in [0.5, 0.6) is 11.5 Å². The van der Waals surface area contributed by atoms with Crippen molar-refractivity contribution in [1.82, 2.24) is 23.7 Å². The standard InChI is InChI=1S/C41H39N13O8S7/c1-6-53(7-2)23-12-14-25(47-49-33-29-31(61-4)37(68(55,56)57)64-35(29)51-66-33)27(17-23)42-39-44-40-43-28-18-24(54(8-3)19-21-10-9-11-22(16-21)20-63-41(45-39)46-40)13-15-26(28)48-50-34-30-32(62-5)38(69(58,59)60)65-36(30)52-67-34/h9-18H,6-8,19-20H2,1-5H3,(H,55,56,57)(H,58,59,60)(H2,42,43,44,45,46)/b49-47+,50-48+. The molecule has 1 aliphatic heterocycles. The Morgan fingerprint density at radius 1 is 0.768 bits per heavy atom. The number of nitrogens with one attached hydrogen (secondary N) is 2. The number of azo groups is 2. The van der Waals surface area contributed by atoms with E-state index in [-0.39, 0.29) is 41.8 Å². The number of hydrogen-bond donors (Lipinski definition) is 4. The molecule has 6 heterocycles. The van der Waals surface area contributed by atoms with Crippen molar-refractivity contribution in [2.24, 2.45) is 20.5 Å². The summed E-state index contributed by atoms with van der Waals surface area (Å²) in [6.45, 7) is 8.93. The monoisotopic (exact) mass is 1070 g/mol. The van der Waals surface area contributed by atoms with Crippen LogP contribution in [0, 0.1) is 0 Å². The van der Waals surface area contributed by atoms with Crippen molar-refractivity contribution in [2.75, 3.05) is 54.3 Å². The summed E-state index contributed by atoms with van der Waals surface area (Å²) in [6.07, 6.45) is 0. The Morgan fingerprint density at radius 2 is 1.39 bits per heavy atom. The third-order valence-corrected chi connectivity index (χ3v) is 17.9. The average Bonchev–Trinajstić information content (AvgIpc) is 4.11. The summed E-state index contributed by atoms with van der Waals surface area (Å²) in [7, 11) is -6.59. The number of fused-ring (bicyclic) bond motifs is 8. The molecule has 0 aliphatic carbocycles. The third kappa shape index (κ3) is 10.1. The summed E-state index contributed by atoms with van der Waals surface area (Å²) in [5.74, 6) is 0.747. The molecular formula is C41H39N13O8S7. The van der Waals surface area contributed by atoms with Crippen LogP contribution in [0.1, 0.15) is 31.9 Å². The van der Waals surface area contributed by atoms with Gasteiger partial charge >= 0.3 is 20.2 Å². The fourth-order valence-electron chi connectivity index (χ4n) is 7.33. The highest BCUT2D eigenvalue weighted by Gasteiger charge is 2.29. The van der Waals surface area contributed by atoms with Crippen molar-refractivity contribution in [3.63, 3.8) is 0 Å². The summed E-state index contributed by atoms with van der Waals surface area (Å²) in [5.41, 5.74) is 5.69. The molecule has 0 saturated heterocycles. The summed E-state index contributed by atoms with van der Waals surface area (Å²) in [6, 6.07) is 19.6. The molecule has 69 heavy (non-hydrogen) atoms. The highest BCUT2D eigenvalue weighted by molar-refractivity contribution is 7.98. The van der Waals surface area contributed by atoms with Gasteiger partial charge in [0.05, 0.1) is 36.4 Å². The van der Waals surface area contributed by atoms with E-state index in [0.717, 1.165) is 81.3 Å². The minimum Gasteiger partial charge on any atom is -0.494 e. The second-order valence-electron chi connectivity index (χ2n) is 14.7. The van der Waals surface area contributed by atoms with Crippen molar-refractivity contribution in [3.8, 4) is 11.5 Å². The van der Waals surface area contributed by atoms with Crippen molar-refractivity contribution >= 4 is 154 Å². The zero-order valence-electron chi connectivity index (χ0n) is 36.9. The molecule has 21 nitrogen and oxygen atoms in total. The van der Waals surface area contributed by atoms with Gasteiger partial charge in [0.15, 0.2) is 35.1 Å². The van der Waals surface area contributed by atoms with Gasteiger partial charge in [-0.3, -0.25) is 9.11 Å². The maximum Gasteiger partial charge on any atom is 0.307 e. The lowest BCUT2D eigenvalue weighted by Crippen LogP contribution is -2.22. The largest absolute Gasteiger partial charge is 0.494 e. The lowest BCUT2D eigenvalue weighted by Gasteiger charge is -2.25. The number of thioether (sulfide) groups is 1. The predicted molar refractivity (Wildman–Crippen MR) is 272 cm³/mol.